The zero-order valence-corrected chi connectivity index (χ0v) is 11.0. The van der Waals surface area contributed by atoms with Crippen molar-refractivity contribution in [1.29, 1.82) is 0 Å². The van der Waals surface area contributed by atoms with Gasteiger partial charge in [0.25, 0.3) is 0 Å². The number of H-pyrrole nitrogens is 1. The van der Waals surface area contributed by atoms with Crippen molar-refractivity contribution in [1.82, 2.24) is 20.6 Å². The molecule has 1 fully saturated rings. The summed E-state index contributed by atoms with van der Waals surface area (Å²) in [6.45, 7) is 4.44. The Balaban J connectivity index is 1.95. The highest BCUT2D eigenvalue weighted by Gasteiger charge is 2.38. The van der Waals surface area contributed by atoms with Crippen molar-refractivity contribution in [3.05, 3.63) is 18.2 Å². The van der Waals surface area contributed by atoms with Gasteiger partial charge in [-0.15, -0.1) is 0 Å². The number of aromatic amines is 1. The Morgan fingerprint density at radius 2 is 2.50 bits per heavy atom. The number of carbonyl (C=O) groups excluding carboxylic acids is 1. The molecule has 1 saturated heterocycles. The number of imidazole rings is 1. The first-order valence-corrected chi connectivity index (χ1v) is 6.74. The molecule has 1 aliphatic rings. The van der Waals surface area contributed by atoms with E-state index in [1.807, 2.05) is 0 Å². The third kappa shape index (κ3) is 2.90. The van der Waals surface area contributed by atoms with Gasteiger partial charge in [-0.25, -0.2) is 4.98 Å². The topological polar surface area (TPSA) is 69.8 Å². The molecular formula is C13H22N4O. The Bertz CT molecular complexity index is 363. The molecule has 0 bridgehead atoms. The van der Waals surface area contributed by atoms with Gasteiger partial charge in [-0.2, -0.15) is 0 Å². The summed E-state index contributed by atoms with van der Waals surface area (Å²) in [5.41, 5.74) is -0.223. The number of nitrogens with one attached hydrogen (secondary N) is 3. The van der Waals surface area contributed by atoms with Crippen LogP contribution in [0.5, 0.6) is 0 Å². The molecule has 1 atom stereocenters. The molecule has 1 aromatic rings. The van der Waals surface area contributed by atoms with Gasteiger partial charge in [-0.05, 0) is 25.8 Å². The predicted octanol–water partition coefficient (Wildman–Crippen LogP) is 1.20. The van der Waals surface area contributed by atoms with E-state index in [-0.39, 0.29) is 11.3 Å². The molecule has 1 amide bonds. The van der Waals surface area contributed by atoms with Crippen LogP contribution in [0.1, 0.15) is 38.4 Å². The molecule has 1 aliphatic heterocycles. The van der Waals surface area contributed by atoms with Crippen molar-refractivity contribution < 1.29 is 4.79 Å². The van der Waals surface area contributed by atoms with Crippen LogP contribution in [0.3, 0.4) is 0 Å². The van der Waals surface area contributed by atoms with E-state index in [0.717, 1.165) is 44.6 Å². The van der Waals surface area contributed by atoms with Crippen LogP contribution in [0, 0.1) is 5.41 Å². The minimum absolute atomic E-state index is 0.160. The molecule has 5 nitrogen and oxygen atoms in total. The molecule has 2 heterocycles. The van der Waals surface area contributed by atoms with Crippen LogP contribution < -0.4 is 10.6 Å². The lowest BCUT2D eigenvalue weighted by Crippen LogP contribution is -2.50. The maximum absolute atomic E-state index is 12.4. The second-order valence-corrected chi connectivity index (χ2v) is 5.03. The van der Waals surface area contributed by atoms with Gasteiger partial charge in [0.15, 0.2) is 0 Å². The third-order valence-electron chi connectivity index (χ3n) is 3.65. The smallest absolute Gasteiger partial charge is 0.227 e. The Morgan fingerprint density at radius 1 is 1.61 bits per heavy atom. The van der Waals surface area contributed by atoms with Gasteiger partial charge in [-0.1, -0.05) is 13.3 Å². The van der Waals surface area contributed by atoms with Crippen molar-refractivity contribution in [3.63, 3.8) is 0 Å². The fourth-order valence-electron chi connectivity index (χ4n) is 2.71. The SMILES string of the molecule is CCCC1(C(=O)NCc2ncc[nH]2)CCCNC1. The number of piperidine rings is 1. The number of hydrogen-bond donors (Lipinski definition) is 3. The first kappa shape index (κ1) is 13.1. The Hall–Kier alpha value is -1.36. The predicted molar refractivity (Wildman–Crippen MR) is 69.9 cm³/mol. The summed E-state index contributed by atoms with van der Waals surface area (Å²) in [6, 6.07) is 0. The highest BCUT2D eigenvalue weighted by Crippen LogP contribution is 2.31. The monoisotopic (exact) mass is 250 g/mol. The fraction of sp³-hybridized carbons (Fsp3) is 0.692. The lowest BCUT2D eigenvalue weighted by Gasteiger charge is -2.36. The summed E-state index contributed by atoms with van der Waals surface area (Å²) >= 11 is 0. The van der Waals surface area contributed by atoms with Gasteiger partial charge >= 0.3 is 0 Å². The van der Waals surface area contributed by atoms with Crippen LogP contribution >= 0.6 is 0 Å². The van der Waals surface area contributed by atoms with E-state index >= 15 is 0 Å². The normalized spacial score (nSPS) is 23.8. The van der Waals surface area contributed by atoms with Gasteiger partial charge < -0.3 is 15.6 Å². The molecule has 1 unspecified atom stereocenters. The van der Waals surface area contributed by atoms with Crippen molar-refractivity contribution in [3.8, 4) is 0 Å². The molecule has 0 spiro atoms. The summed E-state index contributed by atoms with van der Waals surface area (Å²) in [6.07, 6.45) is 7.52. The van der Waals surface area contributed by atoms with Gasteiger partial charge in [0.1, 0.15) is 5.82 Å². The average molecular weight is 250 g/mol. The molecule has 0 aliphatic carbocycles. The lowest BCUT2D eigenvalue weighted by molar-refractivity contribution is -0.132. The molecule has 100 valence electrons. The van der Waals surface area contributed by atoms with Crippen LogP contribution in [0.15, 0.2) is 12.4 Å². The summed E-state index contributed by atoms with van der Waals surface area (Å²) < 4.78 is 0. The van der Waals surface area contributed by atoms with Crippen LogP contribution in [0.25, 0.3) is 0 Å². The van der Waals surface area contributed by atoms with Crippen molar-refractivity contribution >= 4 is 5.91 Å². The largest absolute Gasteiger partial charge is 0.348 e. The maximum atomic E-state index is 12.4. The summed E-state index contributed by atoms with van der Waals surface area (Å²) in [5, 5.41) is 6.36. The standard InChI is InChI=1S/C13H22N4O/c1-2-4-13(5-3-6-14-10-13)12(18)17-9-11-15-7-8-16-11/h7-8,14H,2-6,9-10H2,1H3,(H,15,16)(H,17,18). The van der Waals surface area contributed by atoms with Gasteiger partial charge in [0.05, 0.1) is 12.0 Å². The van der Waals surface area contributed by atoms with E-state index in [1.165, 1.54) is 0 Å². The molecule has 3 N–H and O–H groups in total. The highest BCUT2D eigenvalue weighted by atomic mass is 16.2. The average Bonchev–Trinajstić information content (AvgIpc) is 2.90. The van der Waals surface area contributed by atoms with E-state index < -0.39 is 0 Å². The quantitative estimate of drug-likeness (QED) is 0.735. The zero-order valence-electron chi connectivity index (χ0n) is 11.0. The molecule has 0 aromatic carbocycles. The molecule has 18 heavy (non-hydrogen) atoms. The van der Waals surface area contributed by atoms with E-state index in [2.05, 4.69) is 27.5 Å². The third-order valence-corrected chi connectivity index (χ3v) is 3.65. The lowest BCUT2D eigenvalue weighted by atomic mass is 9.76. The molecule has 0 saturated carbocycles. The molecule has 5 heteroatoms. The number of nitrogens with zero attached hydrogens (tertiary/aromatic N) is 1. The molecular weight excluding hydrogens is 228 g/mol. The fourth-order valence-corrected chi connectivity index (χ4v) is 2.71. The molecule has 0 radical (unpaired) electrons. The van der Waals surface area contributed by atoms with Gasteiger partial charge in [0.2, 0.25) is 5.91 Å². The van der Waals surface area contributed by atoms with Gasteiger partial charge in [-0.3, -0.25) is 4.79 Å². The van der Waals surface area contributed by atoms with Crippen LogP contribution in [0.4, 0.5) is 0 Å². The summed E-state index contributed by atoms with van der Waals surface area (Å²) in [4.78, 5) is 19.5. The van der Waals surface area contributed by atoms with Crippen LogP contribution in [0.2, 0.25) is 0 Å². The highest BCUT2D eigenvalue weighted by molar-refractivity contribution is 5.82. The minimum Gasteiger partial charge on any atom is -0.348 e. The van der Waals surface area contributed by atoms with Crippen molar-refractivity contribution in [2.45, 2.75) is 39.2 Å². The zero-order chi connectivity index (χ0) is 12.8. The number of aromatic nitrogens is 2. The maximum Gasteiger partial charge on any atom is 0.227 e. The number of hydrogen-bond acceptors (Lipinski definition) is 3. The summed E-state index contributed by atoms with van der Waals surface area (Å²) in [7, 11) is 0. The van der Waals surface area contributed by atoms with Crippen LogP contribution in [-0.4, -0.2) is 29.0 Å². The summed E-state index contributed by atoms with van der Waals surface area (Å²) in [5.74, 6) is 0.965. The number of rotatable bonds is 5. The van der Waals surface area contributed by atoms with E-state index in [9.17, 15) is 4.79 Å². The van der Waals surface area contributed by atoms with E-state index in [4.69, 9.17) is 0 Å². The number of amides is 1. The minimum atomic E-state index is -0.223. The van der Waals surface area contributed by atoms with E-state index in [0.29, 0.717) is 6.54 Å². The first-order valence-electron chi connectivity index (χ1n) is 6.74. The Kier molecular flexibility index (Phi) is 4.36. The Morgan fingerprint density at radius 3 is 3.11 bits per heavy atom. The Labute approximate surface area is 108 Å². The van der Waals surface area contributed by atoms with E-state index in [1.54, 1.807) is 12.4 Å². The van der Waals surface area contributed by atoms with Crippen molar-refractivity contribution in [2.75, 3.05) is 13.1 Å². The second kappa shape index (κ2) is 6.00. The van der Waals surface area contributed by atoms with Crippen LogP contribution in [-0.2, 0) is 11.3 Å². The van der Waals surface area contributed by atoms with Crippen molar-refractivity contribution in [2.24, 2.45) is 5.41 Å². The molecule has 2 rings (SSSR count). The number of carbonyl (C=O) groups is 1. The first-order chi connectivity index (χ1) is 8.77. The second-order valence-electron chi connectivity index (χ2n) is 5.03. The molecule has 1 aromatic heterocycles. The van der Waals surface area contributed by atoms with Gasteiger partial charge in [0, 0.05) is 18.9 Å².